The Labute approximate surface area is 110 Å². The van der Waals surface area contributed by atoms with Crippen LogP contribution in [0.4, 0.5) is 0 Å². The van der Waals surface area contributed by atoms with Gasteiger partial charge < -0.3 is 4.74 Å². The van der Waals surface area contributed by atoms with Crippen molar-refractivity contribution >= 4 is 5.90 Å². The zero-order valence-corrected chi connectivity index (χ0v) is 11.5. The van der Waals surface area contributed by atoms with Gasteiger partial charge in [0, 0.05) is 11.8 Å². The lowest BCUT2D eigenvalue weighted by Gasteiger charge is -2.29. The number of hydrogen-bond donors (Lipinski definition) is 1. The van der Waals surface area contributed by atoms with Crippen molar-refractivity contribution in [1.29, 1.82) is 5.41 Å². The molecule has 2 rings (SSSR count). The van der Waals surface area contributed by atoms with Crippen molar-refractivity contribution in [3.8, 4) is 0 Å². The normalized spacial score (nSPS) is 17.7. The van der Waals surface area contributed by atoms with Crippen LogP contribution < -0.4 is 0 Å². The Morgan fingerprint density at radius 1 is 1.33 bits per heavy atom. The SMILES string of the molecule is CCc1cccc(C2(CC(=N)OC)CCCC2)c1. The summed E-state index contributed by atoms with van der Waals surface area (Å²) in [4.78, 5) is 0. The number of hydrogen-bond acceptors (Lipinski definition) is 2. The molecule has 0 spiro atoms. The van der Waals surface area contributed by atoms with Crippen LogP contribution in [-0.4, -0.2) is 13.0 Å². The van der Waals surface area contributed by atoms with E-state index in [4.69, 9.17) is 10.1 Å². The molecular formula is C16H23NO. The summed E-state index contributed by atoms with van der Waals surface area (Å²) in [6.07, 6.45) is 6.74. The molecule has 1 aromatic rings. The third-order valence-electron chi connectivity index (χ3n) is 4.25. The molecule has 2 nitrogen and oxygen atoms in total. The van der Waals surface area contributed by atoms with Crippen molar-refractivity contribution in [3.05, 3.63) is 35.4 Å². The molecule has 0 heterocycles. The summed E-state index contributed by atoms with van der Waals surface area (Å²) in [5.74, 6) is 0.416. The summed E-state index contributed by atoms with van der Waals surface area (Å²) in [7, 11) is 1.60. The lowest BCUT2D eigenvalue weighted by atomic mass is 9.75. The summed E-state index contributed by atoms with van der Waals surface area (Å²) >= 11 is 0. The zero-order valence-electron chi connectivity index (χ0n) is 11.5. The number of aryl methyl sites for hydroxylation is 1. The van der Waals surface area contributed by atoms with Gasteiger partial charge in [-0.15, -0.1) is 0 Å². The van der Waals surface area contributed by atoms with E-state index in [1.54, 1.807) is 7.11 Å². The van der Waals surface area contributed by atoms with Gasteiger partial charge in [-0.3, -0.25) is 5.41 Å². The average Bonchev–Trinajstić information content (AvgIpc) is 2.88. The molecule has 1 aliphatic carbocycles. The minimum absolute atomic E-state index is 0.151. The fraction of sp³-hybridized carbons (Fsp3) is 0.562. The van der Waals surface area contributed by atoms with Crippen LogP contribution in [0.3, 0.4) is 0 Å². The van der Waals surface area contributed by atoms with E-state index in [2.05, 4.69) is 31.2 Å². The average molecular weight is 245 g/mol. The molecule has 98 valence electrons. The smallest absolute Gasteiger partial charge is 0.180 e. The number of rotatable bonds is 4. The monoisotopic (exact) mass is 245 g/mol. The molecule has 0 unspecified atom stereocenters. The molecule has 1 aromatic carbocycles. The van der Waals surface area contributed by atoms with Crippen molar-refractivity contribution in [2.45, 2.75) is 50.9 Å². The van der Waals surface area contributed by atoms with Gasteiger partial charge in [0.15, 0.2) is 5.90 Å². The first kappa shape index (κ1) is 13.1. The van der Waals surface area contributed by atoms with Gasteiger partial charge in [0.2, 0.25) is 0 Å². The van der Waals surface area contributed by atoms with Crippen molar-refractivity contribution in [2.24, 2.45) is 0 Å². The Morgan fingerprint density at radius 2 is 2.06 bits per heavy atom. The lowest BCUT2D eigenvalue weighted by molar-refractivity contribution is 0.350. The standard InChI is InChI=1S/C16H23NO/c1-3-13-7-6-8-14(11-13)16(9-4-5-10-16)12-15(17)18-2/h6-8,11,17H,3-5,9-10,12H2,1-2H3. The Kier molecular flexibility index (Phi) is 4.05. The van der Waals surface area contributed by atoms with Gasteiger partial charge in [-0.25, -0.2) is 0 Å². The first-order valence-corrected chi connectivity index (χ1v) is 6.91. The first-order chi connectivity index (χ1) is 8.70. The van der Waals surface area contributed by atoms with E-state index < -0.39 is 0 Å². The van der Waals surface area contributed by atoms with E-state index in [1.165, 1.54) is 36.8 Å². The van der Waals surface area contributed by atoms with Gasteiger partial charge in [-0.2, -0.15) is 0 Å². The molecule has 0 amide bonds. The van der Waals surface area contributed by atoms with Crippen LogP contribution in [0.25, 0.3) is 0 Å². The second-order valence-corrected chi connectivity index (χ2v) is 5.35. The van der Waals surface area contributed by atoms with Gasteiger partial charge in [0.05, 0.1) is 7.11 Å². The van der Waals surface area contributed by atoms with Crippen LogP contribution in [0.2, 0.25) is 0 Å². The van der Waals surface area contributed by atoms with E-state index in [9.17, 15) is 0 Å². The van der Waals surface area contributed by atoms with E-state index in [0.717, 1.165) is 12.8 Å². The Hall–Kier alpha value is -1.31. The molecule has 0 bridgehead atoms. The summed E-state index contributed by atoms with van der Waals surface area (Å²) in [5, 5.41) is 7.85. The van der Waals surface area contributed by atoms with Crippen molar-refractivity contribution in [2.75, 3.05) is 7.11 Å². The predicted octanol–water partition coefficient (Wildman–Crippen LogP) is 4.07. The van der Waals surface area contributed by atoms with E-state index in [-0.39, 0.29) is 5.41 Å². The fourth-order valence-corrected chi connectivity index (χ4v) is 3.12. The van der Waals surface area contributed by atoms with Gasteiger partial charge in [-0.05, 0) is 30.4 Å². The number of ether oxygens (including phenoxy) is 1. The molecule has 0 aliphatic heterocycles. The second-order valence-electron chi connectivity index (χ2n) is 5.35. The molecule has 18 heavy (non-hydrogen) atoms. The fourth-order valence-electron chi connectivity index (χ4n) is 3.12. The highest BCUT2D eigenvalue weighted by Crippen LogP contribution is 2.44. The molecule has 1 aliphatic rings. The summed E-state index contributed by atoms with van der Waals surface area (Å²) < 4.78 is 5.10. The molecule has 0 radical (unpaired) electrons. The van der Waals surface area contributed by atoms with Crippen molar-refractivity contribution in [1.82, 2.24) is 0 Å². The van der Waals surface area contributed by atoms with Crippen LogP contribution in [0.5, 0.6) is 0 Å². The maximum absolute atomic E-state index is 7.85. The van der Waals surface area contributed by atoms with Gasteiger partial charge in [0.1, 0.15) is 0 Å². The van der Waals surface area contributed by atoms with Crippen LogP contribution in [0.1, 0.15) is 50.2 Å². The maximum atomic E-state index is 7.85. The number of nitrogens with one attached hydrogen (secondary N) is 1. The molecule has 0 atom stereocenters. The molecule has 0 aromatic heterocycles. The summed E-state index contributed by atoms with van der Waals surface area (Å²) in [6.45, 7) is 2.19. The summed E-state index contributed by atoms with van der Waals surface area (Å²) in [6, 6.07) is 8.90. The first-order valence-electron chi connectivity index (χ1n) is 6.91. The number of methoxy groups -OCH3 is 1. The lowest BCUT2D eigenvalue weighted by Crippen LogP contribution is -2.26. The van der Waals surface area contributed by atoms with Crippen LogP contribution in [0, 0.1) is 5.41 Å². The summed E-state index contributed by atoms with van der Waals surface area (Å²) in [5.41, 5.74) is 2.95. The Morgan fingerprint density at radius 3 is 2.67 bits per heavy atom. The second kappa shape index (κ2) is 5.55. The molecule has 1 saturated carbocycles. The van der Waals surface area contributed by atoms with Crippen molar-refractivity contribution in [3.63, 3.8) is 0 Å². The highest BCUT2D eigenvalue weighted by Gasteiger charge is 2.37. The van der Waals surface area contributed by atoms with Gasteiger partial charge in [0.25, 0.3) is 0 Å². The Balaban J connectivity index is 2.31. The van der Waals surface area contributed by atoms with Crippen molar-refractivity contribution < 1.29 is 4.74 Å². The van der Waals surface area contributed by atoms with Crippen LogP contribution in [-0.2, 0) is 16.6 Å². The molecular weight excluding hydrogens is 222 g/mol. The highest BCUT2D eigenvalue weighted by molar-refractivity contribution is 5.74. The van der Waals surface area contributed by atoms with Crippen LogP contribution in [0.15, 0.2) is 24.3 Å². The third kappa shape index (κ3) is 2.58. The molecule has 0 saturated heterocycles. The van der Waals surface area contributed by atoms with E-state index in [1.807, 2.05) is 0 Å². The quantitative estimate of drug-likeness (QED) is 0.629. The number of benzene rings is 1. The van der Waals surface area contributed by atoms with Gasteiger partial charge >= 0.3 is 0 Å². The maximum Gasteiger partial charge on any atom is 0.180 e. The van der Waals surface area contributed by atoms with E-state index >= 15 is 0 Å². The molecule has 2 heteroatoms. The zero-order chi connectivity index (χ0) is 13.0. The predicted molar refractivity (Wildman–Crippen MR) is 75.3 cm³/mol. The topological polar surface area (TPSA) is 33.1 Å². The molecule has 1 fully saturated rings. The van der Waals surface area contributed by atoms with Crippen LogP contribution >= 0.6 is 0 Å². The third-order valence-corrected chi connectivity index (χ3v) is 4.25. The largest absolute Gasteiger partial charge is 0.484 e. The minimum Gasteiger partial charge on any atom is -0.484 e. The van der Waals surface area contributed by atoms with Gasteiger partial charge in [-0.1, -0.05) is 44.0 Å². The Bertz CT molecular complexity index is 419. The highest BCUT2D eigenvalue weighted by atomic mass is 16.5. The minimum atomic E-state index is 0.151. The van der Waals surface area contributed by atoms with E-state index in [0.29, 0.717) is 5.90 Å². The molecule has 1 N–H and O–H groups in total.